The molecule has 7 heteroatoms. The maximum Gasteiger partial charge on any atom is 0.164 e. The molecule has 1 aliphatic rings. The Hall–Kier alpha value is -7.74. The summed E-state index contributed by atoms with van der Waals surface area (Å²) >= 11 is 1.85. The largest absolute Gasteiger partial charge is 0.309 e. The van der Waals surface area contributed by atoms with Crippen LogP contribution in [-0.4, -0.2) is 28.7 Å². The van der Waals surface area contributed by atoms with Crippen molar-refractivity contribution in [2.45, 2.75) is 9.79 Å². The Labute approximate surface area is 348 Å². The van der Waals surface area contributed by atoms with Gasteiger partial charge in [0.1, 0.15) is 5.65 Å². The predicted molar refractivity (Wildman–Crippen MR) is 246 cm³/mol. The van der Waals surface area contributed by atoms with E-state index in [4.69, 9.17) is 15.0 Å². The molecule has 0 unspecified atom stereocenters. The summed E-state index contributed by atoms with van der Waals surface area (Å²) in [5, 5.41) is 6.06. The van der Waals surface area contributed by atoms with Gasteiger partial charge in [0.25, 0.3) is 0 Å². The molecule has 6 nitrogen and oxygen atoms in total. The smallest absolute Gasteiger partial charge is 0.164 e. The first-order valence-corrected chi connectivity index (χ1v) is 20.9. The number of benzene rings is 8. The van der Waals surface area contributed by atoms with Crippen LogP contribution in [0.2, 0.25) is 0 Å². The predicted octanol–water partition coefficient (Wildman–Crippen LogP) is 13.5. The second-order valence-electron chi connectivity index (χ2n) is 15.3. The van der Waals surface area contributed by atoms with Crippen LogP contribution in [0.1, 0.15) is 0 Å². The molecule has 0 bridgehead atoms. The Morgan fingerprint density at radius 2 is 0.917 bits per heavy atom. The number of hydrogen-bond acceptors (Lipinski definition) is 4. The van der Waals surface area contributed by atoms with Gasteiger partial charge in [-0.3, -0.25) is 9.13 Å². The molecule has 0 radical (unpaired) electrons. The molecule has 4 aromatic heterocycles. The van der Waals surface area contributed by atoms with Gasteiger partial charge in [0.05, 0.1) is 27.8 Å². The monoisotopic (exact) mass is 784 g/mol. The van der Waals surface area contributed by atoms with Crippen LogP contribution >= 0.6 is 11.8 Å². The molecule has 8 aromatic carbocycles. The molecule has 0 fully saturated rings. The lowest BCUT2D eigenvalue weighted by Crippen LogP contribution is -2.06. The van der Waals surface area contributed by atoms with E-state index in [1.54, 1.807) is 0 Å². The van der Waals surface area contributed by atoms with Gasteiger partial charge in [-0.15, -0.1) is 0 Å². The highest BCUT2D eigenvalue weighted by molar-refractivity contribution is 7.99. The summed E-state index contributed by atoms with van der Waals surface area (Å²) in [4.78, 5) is 18.1. The van der Waals surface area contributed by atoms with Crippen LogP contribution < -0.4 is 0 Å². The molecule has 0 spiro atoms. The lowest BCUT2D eigenvalue weighted by molar-refractivity contribution is 1.02. The maximum atomic E-state index is 5.27. The van der Waals surface area contributed by atoms with Crippen molar-refractivity contribution in [2.24, 2.45) is 0 Å². The Balaban J connectivity index is 1.03. The molecule has 0 saturated carbocycles. The average Bonchev–Trinajstić information content (AvgIpc) is 3.96. The van der Waals surface area contributed by atoms with Gasteiger partial charge < -0.3 is 4.57 Å². The summed E-state index contributed by atoms with van der Waals surface area (Å²) < 4.78 is 7.22. The van der Waals surface area contributed by atoms with E-state index < -0.39 is 0 Å². The minimum absolute atomic E-state index is 0.617. The van der Waals surface area contributed by atoms with Crippen LogP contribution in [0.25, 0.3) is 106 Å². The van der Waals surface area contributed by atoms with E-state index in [2.05, 4.69) is 190 Å². The van der Waals surface area contributed by atoms with Crippen molar-refractivity contribution in [3.05, 3.63) is 194 Å². The van der Waals surface area contributed by atoms with E-state index in [-0.39, 0.29) is 0 Å². The third kappa shape index (κ3) is 4.87. The fourth-order valence-electron chi connectivity index (χ4n) is 9.29. The molecule has 1 aliphatic heterocycles. The molecule has 0 saturated heterocycles. The van der Waals surface area contributed by atoms with Crippen molar-refractivity contribution in [3.8, 4) is 51.2 Å². The normalized spacial score (nSPS) is 12.3. The molecule has 0 atom stereocenters. The molecule has 13 rings (SSSR count). The molecule has 0 amide bonds. The average molecular weight is 785 g/mol. The first kappa shape index (κ1) is 33.3. The number of fused-ring (bicyclic) bond motifs is 10. The topological polar surface area (TPSA) is 53.5 Å². The lowest BCUT2D eigenvalue weighted by atomic mass is 10.1. The van der Waals surface area contributed by atoms with Gasteiger partial charge in [-0.2, -0.15) is 0 Å². The number of nitrogens with zero attached hydrogens (tertiary/aromatic N) is 6. The Bertz CT molecular complexity index is 3690. The summed E-state index contributed by atoms with van der Waals surface area (Å²) in [6.07, 6.45) is 0. The molecule has 0 aliphatic carbocycles. The third-order valence-electron chi connectivity index (χ3n) is 11.9. The SMILES string of the molecule is c1ccc(-c2nc(-c3cccc(-n4c5ccccc5c5c6cccc7c6n(c54)-c4ccccc4S7)c3)nc(-c3ccc4c(c3)c3ccccc3n4-c3ccccc3)n2)cc1. The first-order chi connectivity index (χ1) is 29.8. The molecular weight excluding hydrogens is 753 g/mol. The molecule has 12 aromatic rings. The second-order valence-corrected chi connectivity index (χ2v) is 16.3. The number of rotatable bonds is 5. The molecule has 280 valence electrons. The highest BCUT2D eigenvalue weighted by Crippen LogP contribution is 2.49. The molecule has 5 heterocycles. The van der Waals surface area contributed by atoms with Crippen LogP contribution in [0.5, 0.6) is 0 Å². The van der Waals surface area contributed by atoms with Gasteiger partial charge >= 0.3 is 0 Å². The third-order valence-corrected chi connectivity index (χ3v) is 13.0. The Morgan fingerprint density at radius 3 is 1.73 bits per heavy atom. The van der Waals surface area contributed by atoms with E-state index in [0.717, 1.165) is 55.6 Å². The summed E-state index contributed by atoms with van der Waals surface area (Å²) in [7, 11) is 0. The second kappa shape index (κ2) is 12.9. The molecular formula is C53H32N6S. The Morgan fingerprint density at radius 1 is 0.350 bits per heavy atom. The van der Waals surface area contributed by atoms with Crippen molar-refractivity contribution in [3.63, 3.8) is 0 Å². The fourth-order valence-corrected chi connectivity index (χ4v) is 10.4. The minimum Gasteiger partial charge on any atom is -0.309 e. The lowest BCUT2D eigenvalue weighted by Gasteiger charge is -2.21. The molecule has 0 N–H and O–H groups in total. The van der Waals surface area contributed by atoms with Crippen LogP contribution in [0.4, 0.5) is 0 Å². The quantitative estimate of drug-likeness (QED) is 0.174. The standard InChI is InChI=1S/C53H32N6S/c1-3-15-33(16-4-1)50-54-51(56-52(55-50)35-29-30-44-41(32-35)38-21-7-9-24-42(38)57(44)36-18-5-2-6-19-36)34-17-13-20-37(31-34)58-43-25-10-8-22-39(43)48-40-23-14-28-47-49(40)59(53(48)58)45-26-11-12-27-46(45)60-47/h1-32H. The number of aromatic nitrogens is 6. The van der Waals surface area contributed by atoms with E-state index in [1.807, 2.05) is 30.0 Å². The van der Waals surface area contributed by atoms with E-state index >= 15 is 0 Å². The fraction of sp³-hybridized carbons (Fsp3) is 0. The summed E-state index contributed by atoms with van der Waals surface area (Å²) in [5.74, 6) is 1.87. The maximum absolute atomic E-state index is 5.27. The first-order valence-electron chi connectivity index (χ1n) is 20.1. The number of hydrogen-bond donors (Lipinski definition) is 0. The Kier molecular flexibility index (Phi) is 7.14. The van der Waals surface area contributed by atoms with Crippen LogP contribution in [0.3, 0.4) is 0 Å². The summed E-state index contributed by atoms with van der Waals surface area (Å²) in [5.41, 5.74) is 12.0. The van der Waals surface area contributed by atoms with Crippen molar-refractivity contribution in [2.75, 3.05) is 0 Å². The van der Waals surface area contributed by atoms with Crippen LogP contribution in [0, 0.1) is 0 Å². The van der Waals surface area contributed by atoms with Crippen LogP contribution in [0.15, 0.2) is 204 Å². The van der Waals surface area contributed by atoms with Gasteiger partial charge in [0.15, 0.2) is 17.5 Å². The van der Waals surface area contributed by atoms with Gasteiger partial charge in [-0.1, -0.05) is 133 Å². The number of para-hydroxylation sites is 5. The van der Waals surface area contributed by atoms with Crippen molar-refractivity contribution in [1.82, 2.24) is 28.7 Å². The van der Waals surface area contributed by atoms with E-state index in [1.165, 1.54) is 42.5 Å². The zero-order valence-electron chi connectivity index (χ0n) is 32.1. The zero-order chi connectivity index (χ0) is 39.3. The summed E-state index contributed by atoms with van der Waals surface area (Å²) in [6, 6.07) is 68.8. The van der Waals surface area contributed by atoms with E-state index in [9.17, 15) is 0 Å². The van der Waals surface area contributed by atoms with Crippen molar-refractivity contribution in [1.29, 1.82) is 0 Å². The van der Waals surface area contributed by atoms with Gasteiger partial charge in [0.2, 0.25) is 0 Å². The van der Waals surface area contributed by atoms with Gasteiger partial charge in [-0.25, -0.2) is 15.0 Å². The van der Waals surface area contributed by atoms with Gasteiger partial charge in [0, 0.05) is 64.8 Å². The molecule has 60 heavy (non-hydrogen) atoms. The summed E-state index contributed by atoms with van der Waals surface area (Å²) in [6.45, 7) is 0. The van der Waals surface area contributed by atoms with Crippen molar-refractivity contribution >= 4 is 66.4 Å². The minimum atomic E-state index is 0.617. The van der Waals surface area contributed by atoms with Crippen LogP contribution in [-0.2, 0) is 0 Å². The van der Waals surface area contributed by atoms with Crippen molar-refractivity contribution < 1.29 is 0 Å². The van der Waals surface area contributed by atoms with E-state index in [0.29, 0.717) is 17.5 Å². The zero-order valence-corrected chi connectivity index (χ0v) is 32.9. The highest BCUT2D eigenvalue weighted by Gasteiger charge is 2.28. The van der Waals surface area contributed by atoms with Gasteiger partial charge in [-0.05, 0) is 72.8 Å². The highest BCUT2D eigenvalue weighted by atomic mass is 32.2.